The molecule has 0 spiro atoms. The van der Waals surface area contributed by atoms with Gasteiger partial charge in [-0.1, -0.05) is 18.2 Å². The third kappa shape index (κ3) is 4.82. The molecule has 0 N–H and O–H groups in total. The topological polar surface area (TPSA) is 59.1 Å². The first-order valence-electron chi connectivity index (χ1n) is 9.44. The zero-order chi connectivity index (χ0) is 19.9. The van der Waals surface area contributed by atoms with E-state index in [-0.39, 0.29) is 11.8 Å². The lowest BCUT2D eigenvalue weighted by molar-refractivity contribution is -0.132. The molecule has 6 heteroatoms. The Bertz CT molecular complexity index is 829. The van der Waals surface area contributed by atoms with E-state index < -0.39 is 0 Å². The van der Waals surface area contributed by atoms with Gasteiger partial charge in [-0.3, -0.25) is 9.59 Å². The van der Waals surface area contributed by atoms with Crippen LogP contribution in [0.4, 0.5) is 0 Å². The maximum atomic E-state index is 12.7. The number of benzene rings is 2. The zero-order valence-electron chi connectivity index (χ0n) is 16.4. The molecule has 0 atom stereocenters. The van der Waals surface area contributed by atoms with Crippen LogP contribution >= 0.6 is 0 Å². The summed E-state index contributed by atoms with van der Waals surface area (Å²) < 4.78 is 10.4. The minimum Gasteiger partial charge on any atom is -0.497 e. The number of rotatable bonds is 6. The van der Waals surface area contributed by atoms with Crippen LogP contribution in [0.15, 0.2) is 48.5 Å². The van der Waals surface area contributed by atoms with Crippen LogP contribution < -0.4 is 9.47 Å². The summed E-state index contributed by atoms with van der Waals surface area (Å²) in [6, 6.07) is 14.9. The van der Waals surface area contributed by atoms with Gasteiger partial charge in [-0.2, -0.15) is 0 Å². The van der Waals surface area contributed by atoms with Crippen molar-refractivity contribution < 1.29 is 19.1 Å². The van der Waals surface area contributed by atoms with Gasteiger partial charge >= 0.3 is 0 Å². The van der Waals surface area contributed by atoms with Gasteiger partial charge in [0.1, 0.15) is 11.5 Å². The van der Waals surface area contributed by atoms with Crippen molar-refractivity contribution in [2.45, 2.75) is 12.8 Å². The molecule has 0 unspecified atom stereocenters. The van der Waals surface area contributed by atoms with Gasteiger partial charge in [0.25, 0.3) is 5.91 Å². The molecule has 1 aliphatic heterocycles. The number of nitrogens with zero attached hydrogens (tertiary/aromatic N) is 2. The van der Waals surface area contributed by atoms with Gasteiger partial charge in [-0.15, -0.1) is 0 Å². The molecule has 1 saturated heterocycles. The summed E-state index contributed by atoms with van der Waals surface area (Å²) in [4.78, 5) is 28.8. The van der Waals surface area contributed by atoms with Crippen LogP contribution in [0.3, 0.4) is 0 Å². The molecular formula is C22H26N2O4. The highest BCUT2D eigenvalue weighted by molar-refractivity contribution is 5.94. The molecule has 0 bridgehead atoms. The second-order valence-corrected chi connectivity index (χ2v) is 6.76. The molecule has 1 heterocycles. The summed E-state index contributed by atoms with van der Waals surface area (Å²) in [5.74, 6) is 1.56. The Kier molecular flexibility index (Phi) is 6.53. The molecule has 3 rings (SSSR count). The lowest BCUT2D eigenvalue weighted by Gasteiger charge is -2.35. The van der Waals surface area contributed by atoms with Crippen molar-refractivity contribution in [3.8, 4) is 11.5 Å². The second-order valence-electron chi connectivity index (χ2n) is 6.76. The lowest BCUT2D eigenvalue weighted by Crippen LogP contribution is -2.50. The van der Waals surface area contributed by atoms with Crippen molar-refractivity contribution in [2.24, 2.45) is 0 Å². The van der Waals surface area contributed by atoms with Crippen LogP contribution in [0.5, 0.6) is 11.5 Å². The van der Waals surface area contributed by atoms with Gasteiger partial charge in [0, 0.05) is 38.2 Å². The number of hydrogen-bond acceptors (Lipinski definition) is 4. The largest absolute Gasteiger partial charge is 0.497 e. The van der Waals surface area contributed by atoms with E-state index in [1.807, 2.05) is 41.3 Å². The predicted octanol–water partition coefficient (Wildman–Crippen LogP) is 2.62. The minimum absolute atomic E-state index is 0.0256. The van der Waals surface area contributed by atoms with Gasteiger partial charge < -0.3 is 19.3 Å². The van der Waals surface area contributed by atoms with E-state index in [4.69, 9.17) is 9.47 Å². The molecule has 0 aromatic heterocycles. The van der Waals surface area contributed by atoms with E-state index in [0.717, 1.165) is 11.3 Å². The molecule has 0 saturated carbocycles. The molecule has 148 valence electrons. The fraction of sp³-hybridized carbons (Fsp3) is 0.364. The van der Waals surface area contributed by atoms with Crippen LogP contribution in [-0.4, -0.2) is 62.0 Å². The first-order chi connectivity index (χ1) is 13.6. The summed E-state index contributed by atoms with van der Waals surface area (Å²) in [5, 5.41) is 0. The van der Waals surface area contributed by atoms with E-state index in [0.29, 0.717) is 50.3 Å². The Labute approximate surface area is 165 Å². The average Bonchev–Trinajstić information content (AvgIpc) is 2.77. The molecule has 2 aromatic rings. The van der Waals surface area contributed by atoms with Crippen LogP contribution in [0.25, 0.3) is 0 Å². The number of aryl methyl sites for hydroxylation is 1. The van der Waals surface area contributed by atoms with Crippen molar-refractivity contribution in [3.63, 3.8) is 0 Å². The molecular weight excluding hydrogens is 356 g/mol. The number of carbonyl (C=O) groups is 2. The normalized spacial score (nSPS) is 13.9. The minimum atomic E-state index is -0.0256. The zero-order valence-corrected chi connectivity index (χ0v) is 16.4. The van der Waals surface area contributed by atoms with Gasteiger partial charge in [0.15, 0.2) is 0 Å². The maximum Gasteiger partial charge on any atom is 0.254 e. The number of ether oxygens (including phenoxy) is 2. The first kappa shape index (κ1) is 19.7. The molecule has 2 aromatic carbocycles. The second kappa shape index (κ2) is 9.26. The van der Waals surface area contributed by atoms with Crippen LogP contribution in [0.2, 0.25) is 0 Å². The SMILES string of the molecule is COc1cccc(CCC(=O)N2CCN(C(=O)c3cccc(OC)c3)CC2)c1. The molecule has 0 radical (unpaired) electrons. The molecule has 2 amide bonds. The Morgan fingerprint density at radius 2 is 1.46 bits per heavy atom. The summed E-state index contributed by atoms with van der Waals surface area (Å²) in [7, 11) is 3.22. The summed E-state index contributed by atoms with van der Waals surface area (Å²) >= 11 is 0. The van der Waals surface area contributed by atoms with Gasteiger partial charge in [-0.05, 0) is 42.3 Å². The Balaban J connectivity index is 1.50. The van der Waals surface area contributed by atoms with E-state index in [1.54, 1.807) is 31.3 Å². The molecule has 6 nitrogen and oxygen atoms in total. The van der Waals surface area contributed by atoms with E-state index in [1.165, 1.54) is 0 Å². The number of hydrogen-bond donors (Lipinski definition) is 0. The molecule has 28 heavy (non-hydrogen) atoms. The third-order valence-electron chi connectivity index (χ3n) is 5.00. The molecule has 1 fully saturated rings. The quantitative estimate of drug-likeness (QED) is 0.771. The van der Waals surface area contributed by atoms with Crippen LogP contribution in [0, 0.1) is 0 Å². The van der Waals surface area contributed by atoms with Crippen molar-refractivity contribution in [2.75, 3.05) is 40.4 Å². The highest BCUT2D eigenvalue weighted by atomic mass is 16.5. The van der Waals surface area contributed by atoms with Crippen molar-refractivity contribution in [1.29, 1.82) is 0 Å². The Morgan fingerprint density at radius 1 is 0.857 bits per heavy atom. The highest BCUT2D eigenvalue weighted by Crippen LogP contribution is 2.17. The standard InChI is InChI=1S/C22H26N2O4/c1-27-19-7-3-5-17(15-19)9-10-21(25)23-11-13-24(14-12-23)22(26)18-6-4-8-20(16-18)28-2/h3-8,15-16H,9-14H2,1-2H3. The number of piperazine rings is 1. The van der Waals surface area contributed by atoms with Crippen molar-refractivity contribution >= 4 is 11.8 Å². The fourth-order valence-corrected chi connectivity index (χ4v) is 3.33. The van der Waals surface area contributed by atoms with E-state index in [9.17, 15) is 9.59 Å². The van der Waals surface area contributed by atoms with E-state index >= 15 is 0 Å². The van der Waals surface area contributed by atoms with Gasteiger partial charge in [-0.25, -0.2) is 0 Å². The van der Waals surface area contributed by atoms with Crippen LogP contribution in [-0.2, 0) is 11.2 Å². The predicted molar refractivity (Wildman–Crippen MR) is 107 cm³/mol. The monoisotopic (exact) mass is 382 g/mol. The van der Waals surface area contributed by atoms with Gasteiger partial charge in [0.2, 0.25) is 5.91 Å². The van der Waals surface area contributed by atoms with Crippen molar-refractivity contribution in [3.05, 3.63) is 59.7 Å². The van der Waals surface area contributed by atoms with E-state index in [2.05, 4.69) is 0 Å². The number of carbonyl (C=O) groups excluding carboxylic acids is 2. The lowest BCUT2D eigenvalue weighted by atomic mass is 10.1. The maximum absolute atomic E-state index is 12.7. The fourth-order valence-electron chi connectivity index (χ4n) is 3.33. The average molecular weight is 382 g/mol. The van der Waals surface area contributed by atoms with Crippen LogP contribution in [0.1, 0.15) is 22.3 Å². The summed E-state index contributed by atoms with van der Waals surface area (Å²) in [6.07, 6.45) is 1.13. The number of methoxy groups -OCH3 is 2. The third-order valence-corrected chi connectivity index (χ3v) is 5.00. The highest BCUT2D eigenvalue weighted by Gasteiger charge is 2.24. The molecule has 1 aliphatic rings. The summed E-state index contributed by atoms with van der Waals surface area (Å²) in [5.41, 5.74) is 1.69. The summed E-state index contributed by atoms with van der Waals surface area (Å²) in [6.45, 7) is 2.21. The first-order valence-corrected chi connectivity index (χ1v) is 9.44. The Morgan fingerprint density at radius 3 is 2.14 bits per heavy atom. The number of amides is 2. The van der Waals surface area contributed by atoms with Gasteiger partial charge in [0.05, 0.1) is 14.2 Å². The molecule has 0 aliphatic carbocycles. The van der Waals surface area contributed by atoms with Crippen molar-refractivity contribution in [1.82, 2.24) is 9.80 Å². The smallest absolute Gasteiger partial charge is 0.254 e. The Hall–Kier alpha value is -3.02.